The van der Waals surface area contributed by atoms with E-state index >= 15 is 0 Å². The summed E-state index contributed by atoms with van der Waals surface area (Å²) in [5.74, 6) is 0.0363. The molecule has 0 amide bonds. The molecule has 0 aliphatic heterocycles. The van der Waals surface area contributed by atoms with Gasteiger partial charge in [0.2, 0.25) is 0 Å². The zero-order valence-corrected chi connectivity index (χ0v) is 9.12. The lowest BCUT2D eigenvalue weighted by atomic mass is 9.98. The van der Waals surface area contributed by atoms with Gasteiger partial charge < -0.3 is 10.2 Å². The van der Waals surface area contributed by atoms with Crippen LogP contribution in [0.1, 0.15) is 22.8 Å². The summed E-state index contributed by atoms with van der Waals surface area (Å²) in [6, 6.07) is 5.77. The Morgan fingerprint density at radius 3 is 2.50 bits per heavy atom. The van der Waals surface area contributed by atoms with Gasteiger partial charge in [-0.15, -0.1) is 11.6 Å². The van der Waals surface area contributed by atoms with Gasteiger partial charge in [0.25, 0.3) is 0 Å². The lowest BCUT2D eigenvalue weighted by molar-refractivity contribution is 0.0323. The first kappa shape index (κ1) is 11.5. The van der Waals surface area contributed by atoms with Crippen molar-refractivity contribution in [3.63, 3.8) is 0 Å². The number of rotatable bonds is 3. The predicted octanol–water partition coefficient (Wildman–Crippen LogP) is 1.94. The third-order valence-corrected chi connectivity index (χ3v) is 2.59. The van der Waals surface area contributed by atoms with E-state index in [2.05, 4.69) is 0 Å². The summed E-state index contributed by atoms with van der Waals surface area (Å²) < 4.78 is 0. The van der Waals surface area contributed by atoms with Gasteiger partial charge in [0.05, 0.1) is 12.0 Å². The predicted molar refractivity (Wildman–Crippen MR) is 57.6 cm³/mol. The number of hydrogen-bond donors (Lipinski definition) is 2. The summed E-state index contributed by atoms with van der Waals surface area (Å²) in [7, 11) is 0. The minimum atomic E-state index is -0.905. The Bertz CT molecular complexity index is 312. The molecule has 1 aromatic rings. The molecule has 78 valence electrons. The molecule has 0 aromatic heterocycles. The van der Waals surface area contributed by atoms with E-state index in [-0.39, 0.29) is 5.88 Å². The van der Waals surface area contributed by atoms with Crippen molar-refractivity contribution in [3.8, 4) is 0 Å². The molecular formula is C11H15ClO2. The molecule has 2 unspecified atom stereocenters. The van der Waals surface area contributed by atoms with Gasteiger partial charge in [-0.05, 0) is 25.0 Å². The molecule has 0 spiro atoms. The van der Waals surface area contributed by atoms with Gasteiger partial charge in [0.15, 0.2) is 0 Å². The fraction of sp³-hybridized carbons (Fsp3) is 0.455. The topological polar surface area (TPSA) is 40.5 Å². The minimum absolute atomic E-state index is 0.0363. The van der Waals surface area contributed by atoms with Gasteiger partial charge in [0.1, 0.15) is 6.10 Å². The molecule has 2 N–H and O–H groups in total. The van der Waals surface area contributed by atoms with E-state index in [1.54, 1.807) is 0 Å². The number of benzene rings is 1. The van der Waals surface area contributed by atoms with Crippen LogP contribution in [0.3, 0.4) is 0 Å². The summed E-state index contributed by atoms with van der Waals surface area (Å²) in [5.41, 5.74) is 2.77. The molecule has 2 nitrogen and oxygen atoms in total. The molecule has 0 fully saturated rings. The first-order valence-electron chi connectivity index (χ1n) is 4.55. The summed E-state index contributed by atoms with van der Waals surface area (Å²) >= 11 is 5.48. The summed E-state index contributed by atoms with van der Waals surface area (Å²) in [6.07, 6.45) is -1.80. The third kappa shape index (κ3) is 2.47. The van der Waals surface area contributed by atoms with Crippen molar-refractivity contribution in [2.24, 2.45) is 0 Å². The molecule has 0 aliphatic rings. The van der Waals surface area contributed by atoms with Crippen molar-refractivity contribution in [1.29, 1.82) is 0 Å². The zero-order valence-electron chi connectivity index (χ0n) is 8.37. The first-order valence-corrected chi connectivity index (χ1v) is 5.09. The van der Waals surface area contributed by atoms with Crippen molar-refractivity contribution in [3.05, 3.63) is 34.9 Å². The Kier molecular flexibility index (Phi) is 3.93. The third-order valence-electron chi connectivity index (χ3n) is 2.28. The highest BCUT2D eigenvalue weighted by atomic mass is 35.5. The molecule has 0 aliphatic carbocycles. The molecule has 0 bridgehead atoms. The Balaban J connectivity index is 2.99. The molecule has 1 rings (SSSR count). The van der Waals surface area contributed by atoms with Crippen LogP contribution in [0.2, 0.25) is 0 Å². The molecule has 3 heteroatoms. The van der Waals surface area contributed by atoms with Gasteiger partial charge in [-0.25, -0.2) is 0 Å². The van der Waals surface area contributed by atoms with Crippen LogP contribution in [0.25, 0.3) is 0 Å². The largest absolute Gasteiger partial charge is 0.389 e. The van der Waals surface area contributed by atoms with Gasteiger partial charge in [-0.3, -0.25) is 0 Å². The molecule has 1 aromatic carbocycles. The average Bonchev–Trinajstić information content (AvgIpc) is 2.19. The highest BCUT2D eigenvalue weighted by Gasteiger charge is 2.18. The molecule has 0 saturated heterocycles. The molecule has 0 saturated carbocycles. The minimum Gasteiger partial charge on any atom is -0.389 e. The number of hydrogen-bond acceptors (Lipinski definition) is 2. The summed E-state index contributed by atoms with van der Waals surface area (Å²) in [5, 5.41) is 19.2. The van der Waals surface area contributed by atoms with E-state index in [0.717, 1.165) is 16.7 Å². The van der Waals surface area contributed by atoms with Crippen LogP contribution in [-0.4, -0.2) is 22.2 Å². The van der Waals surface area contributed by atoms with Crippen LogP contribution in [0.15, 0.2) is 18.2 Å². The number of aliphatic hydroxyl groups is 2. The van der Waals surface area contributed by atoms with Gasteiger partial charge >= 0.3 is 0 Å². The monoisotopic (exact) mass is 214 g/mol. The Morgan fingerprint density at radius 1 is 1.29 bits per heavy atom. The van der Waals surface area contributed by atoms with Crippen LogP contribution >= 0.6 is 11.6 Å². The fourth-order valence-electron chi connectivity index (χ4n) is 1.37. The normalized spacial score (nSPS) is 15.2. The van der Waals surface area contributed by atoms with E-state index in [0.29, 0.717) is 0 Å². The second-order valence-electron chi connectivity index (χ2n) is 3.53. The fourth-order valence-corrected chi connectivity index (χ4v) is 1.54. The maximum Gasteiger partial charge on any atom is 0.106 e. The van der Waals surface area contributed by atoms with Crippen molar-refractivity contribution in [2.75, 3.05) is 5.88 Å². The number of aryl methyl sites for hydroxylation is 2. The van der Waals surface area contributed by atoms with E-state index < -0.39 is 12.2 Å². The molecular weight excluding hydrogens is 200 g/mol. The van der Waals surface area contributed by atoms with Crippen LogP contribution in [0, 0.1) is 13.8 Å². The van der Waals surface area contributed by atoms with Crippen molar-refractivity contribution in [1.82, 2.24) is 0 Å². The SMILES string of the molecule is Cc1ccc(C)c(C(O)C(O)CCl)c1. The van der Waals surface area contributed by atoms with Gasteiger partial charge in [-0.2, -0.15) is 0 Å². The van der Waals surface area contributed by atoms with Gasteiger partial charge in [0, 0.05) is 0 Å². The van der Waals surface area contributed by atoms with Crippen molar-refractivity contribution >= 4 is 11.6 Å². The standard InChI is InChI=1S/C11H15ClO2/c1-7-3-4-8(2)9(5-7)11(14)10(13)6-12/h3-5,10-11,13-14H,6H2,1-2H3. The molecule has 0 heterocycles. The van der Waals surface area contributed by atoms with E-state index in [1.807, 2.05) is 32.0 Å². The molecule has 14 heavy (non-hydrogen) atoms. The zero-order chi connectivity index (χ0) is 10.7. The first-order chi connectivity index (χ1) is 6.56. The highest BCUT2D eigenvalue weighted by Crippen LogP contribution is 2.22. The van der Waals surface area contributed by atoms with E-state index in [1.165, 1.54) is 0 Å². The summed E-state index contributed by atoms with van der Waals surface area (Å²) in [6.45, 7) is 3.85. The maximum atomic E-state index is 9.76. The lowest BCUT2D eigenvalue weighted by Gasteiger charge is -2.18. The molecule has 2 atom stereocenters. The van der Waals surface area contributed by atoms with Crippen molar-refractivity contribution < 1.29 is 10.2 Å². The van der Waals surface area contributed by atoms with Crippen LogP contribution < -0.4 is 0 Å². The van der Waals surface area contributed by atoms with Crippen LogP contribution in [-0.2, 0) is 0 Å². The Labute approximate surface area is 89.1 Å². The second-order valence-corrected chi connectivity index (χ2v) is 3.84. The van der Waals surface area contributed by atoms with E-state index in [9.17, 15) is 10.2 Å². The number of alkyl halides is 1. The molecule has 0 radical (unpaired) electrons. The van der Waals surface area contributed by atoms with Crippen LogP contribution in [0.5, 0.6) is 0 Å². The van der Waals surface area contributed by atoms with Gasteiger partial charge in [-0.1, -0.05) is 23.8 Å². The number of halogens is 1. The Morgan fingerprint density at radius 2 is 1.93 bits per heavy atom. The smallest absolute Gasteiger partial charge is 0.106 e. The highest BCUT2D eigenvalue weighted by molar-refractivity contribution is 6.18. The lowest BCUT2D eigenvalue weighted by Crippen LogP contribution is -2.20. The van der Waals surface area contributed by atoms with Crippen molar-refractivity contribution in [2.45, 2.75) is 26.1 Å². The van der Waals surface area contributed by atoms with Crippen LogP contribution in [0.4, 0.5) is 0 Å². The average molecular weight is 215 g/mol. The number of aliphatic hydroxyl groups excluding tert-OH is 2. The quantitative estimate of drug-likeness (QED) is 0.755. The second kappa shape index (κ2) is 4.78. The van der Waals surface area contributed by atoms with E-state index in [4.69, 9.17) is 11.6 Å². The Hall–Kier alpha value is -0.570. The summed E-state index contributed by atoms with van der Waals surface area (Å²) in [4.78, 5) is 0. The maximum absolute atomic E-state index is 9.76.